The van der Waals surface area contributed by atoms with Crippen LogP contribution in [0, 0.1) is 6.92 Å². The van der Waals surface area contributed by atoms with Crippen LogP contribution in [-0.4, -0.2) is 4.98 Å². The van der Waals surface area contributed by atoms with Gasteiger partial charge in [0.15, 0.2) is 0 Å². The van der Waals surface area contributed by atoms with Gasteiger partial charge in [0.1, 0.15) is 5.03 Å². The number of pyridine rings is 1. The second kappa shape index (κ2) is 5.35. The van der Waals surface area contributed by atoms with Gasteiger partial charge in [-0.2, -0.15) is 0 Å². The van der Waals surface area contributed by atoms with Crippen molar-refractivity contribution >= 4 is 11.8 Å². The van der Waals surface area contributed by atoms with Crippen LogP contribution in [0.25, 0.3) is 0 Å². The fourth-order valence-electron chi connectivity index (χ4n) is 2.56. The van der Waals surface area contributed by atoms with Crippen molar-refractivity contribution in [1.82, 2.24) is 4.98 Å². The van der Waals surface area contributed by atoms with Gasteiger partial charge in [-0.3, -0.25) is 0 Å². The number of fused-ring (bicyclic) bond motifs is 1. The van der Waals surface area contributed by atoms with Gasteiger partial charge in [-0.05, 0) is 60.6 Å². The molecular formula is C16H18N2S. The van der Waals surface area contributed by atoms with E-state index in [-0.39, 0.29) is 0 Å². The third-order valence-electron chi connectivity index (χ3n) is 3.61. The Balaban J connectivity index is 1.85. The first-order valence-corrected chi connectivity index (χ1v) is 7.53. The molecule has 1 heterocycles. The molecule has 0 saturated carbocycles. The molecule has 1 aliphatic rings. The summed E-state index contributed by atoms with van der Waals surface area (Å²) in [4.78, 5) is 5.81. The van der Waals surface area contributed by atoms with Crippen LogP contribution in [0.1, 0.15) is 28.7 Å². The highest BCUT2D eigenvalue weighted by molar-refractivity contribution is 7.99. The largest absolute Gasteiger partial charge is 0.326 e. The lowest BCUT2D eigenvalue weighted by atomic mass is 10.1. The number of hydrogen-bond donors (Lipinski definition) is 1. The molecule has 0 unspecified atom stereocenters. The maximum atomic E-state index is 5.64. The lowest BCUT2D eigenvalue weighted by Crippen LogP contribution is -1.98. The normalized spacial score (nSPS) is 13.6. The molecule has 2 nitrogen and oxygen atoms in total. The first-order chi connectivity index (χ1) is 9.26. The molecule has 1 aromatic carbocycles. The van der Waals surface area contributed by atoms with Gasteiger partial charge in [-0.1, -0.05) is 23.9 Å². The molecule has 1 aromatic heterocycles. The van der Waals surface area contributed by atoms with Crippen molar-refractivity contribution in [3.8, 4) is 0 Å². The van der Waals surface area contributed by atoms with Crippen molar-refractivity contribution in [2.45, 2.75) is 42.7 Å². The van der Waals surface area contributed by atoms with Gasteiger partial charge < -0.3 is 5.73 Å². The van der Waals surface area contributed by atoms with E-state index in [0.717, 1.165) is 10.6 Å². The Morgan fingerprint density at radius 3 is 2.84 bits per heavy atom. The molecule has 0 spiro atoms. The Bertz CT molecular complexity index is 608. The zero-order chi connectivity index (χ0) is 13.2. The van der Waals surface area contributed by atoms with E-state index < -0.39 is 0 Å². The molecular weight excluding hydrogens is 252 g/mol. The summed E-state index contributed by atoms with van der Waals surface area (Å²) in [5.74, 6) is 0. The van der Waals surface area contributed by atoms with E-state index >= 15 is 0 Å². The number of benzene rings is 1. The number of nitrogens with two attached hydrogens (primary N) is 1. The average Bonchev–Trinajstić information content (AvgIpc) is 2.88. The van der Waals surface area contributed by atoms with E-state index in [1.807, 2.05) is 6.20 Å². The minimum atomic E-state index is 0.553. The number of aromatic nitrogens is 1. The van der Waals surface area contributed by atoms with E-state index in [1.165, 1.54) is 40.8 Å². The van der Waals surface area contributed by atoms with E-state index in [1.54, 1.807) is 11.8 Å². The van der Waals surface area contributed by atoms with Crippen molar-refractivity contribution in [2.24, 2.45) is 5.73 Å². The lowest BCUT2D eigenvalue weighted by molar-refractivity contribution is 0.911. The summed E-state index contributed by atoms with van der Waals surface area (Å²) in [6.45, 7) is 2.65. The molecule has 2 aromatic rings. The summed E-state index contributed by atoms with van der Waals surface area (Å²) in [5.41, 5.74) is 11.0. The topological polar surface area (TPSA) is 38.9 Å². The molecule has 0 saturated heterocycles. The Morgan fingerprint density at radius 1 is 1.21 bits per heavy atom. The Labute approximate surface area is 118 Å². The van der Waals surface area contributed by atoms with Crippen molar-refractivity contribution in [2.75, 3.05) is 0 Å². The molecule has 3 heteroatoms. The summed E-state index contributed by atoms with van der Waals surface area (Å²) in [6.07, 6.45) is 5.64. The van der Waals surface area contributed by atoms with Crippen molar-refractivity contribution in [3.63, 3.8) is 0 Å². The highest BCUT2D eigenvalue weighted by Crippen LogP contribution is 2.32. The number of nitrogens with zero attached hydrogens (tertiary/aromatic N) is 1. The van der Waals surface area contributed by atoms with Gasteiger partial charge in [-0.15, -0.1) is 0 Å². The summed E-state index contributed by atoms with van der Waals surface area (Å²) < 4.78 is 0. The predicted molar refractivity (Wildman–Crippen MR) is 79.5 cm³/mol. The molecule has 1 aliphatic carbocycles. The molecule has 2 N–H and O–H groups in total. The molecule has 0 radical (unpaired) electrons. The lowest BCUT2D eigenvalue weighted by Gasteiger charge is -2.08. The van der Waals surface area contributed by atoms with Gasteiger partial charge in [0.2, 0.25) is 0 Å². The Kier molecular flexibility index (Phi) is 3.58. The third-order valence-corrected chi connectivity index (χ3v) is 4.72. The smallest absolute Gasteiger partial charge is 0.104 e. The molecule has 19 heavy (non-hydrogen) atoms. The van der Waals surface area contributed by atoms with Crippen LogP contribution in [0.15, 0.2) is 40.4 Å². The molecule has 0 atom stereocenters. The van der Waals surface area contributed by atoms with Crippen LogP contribution >= 0.6 is 11.8 Å². The monoisotopic (exact) mass is 270 g/mol. The summed E-state index contributed by atoms with van der Waals surface area (Å²) in [5, 5.41) is 1.08. The summed E-state index contributed by atoms with van der Waals surface area (Å²) >= 11 is 1.75. The molecule has 98 valence electrons. The zero-order valence-corrected chi connectivity index (χ0v) is 12.0. The molecule has 0 bridgehead atoms. The van der Waals surface area contributed by atoms with Crippen molar-refractivity contribution in [3.05, 3.63) is 52.7 Å². The van der Waals surface area contributed by atoms with Crippen LogP contribution in [0.2, 0.25) is 0 Å². The van der Waals surface area contributed by atoms with Gasteiger partial charge in [0, 0.05) is 17.6 Å². The average molecular weight is 270 g/mol. The Morgan fingerprint density at radius 2 is 2.05 bits per heavy atom. The van der Waals surface area contributed by atoms with Crippen LogP contribution in [0.5, 0.6) is 0 Å². The van der Waals surface area contributed by atoms with Crippen LogP contribution in [-0.2, 0) is 19.4 Å². The fraction of sp³-hybridized carbons (Fsp3) is 0.312. The van der Waals surface area contributed by atoms with Gasteiger partial charge in [-0.25, -0.2) is 4.98 Å². The van der Waals surface area contributed by atoms with Crippen LogP contribution in [0.4, 0.5) is 0 Å². The quantitative estimate of drug-likeness (QED) is 0.928. The minimum absolute atomic E-state index is 0.553. The van der Waals surface area contributed by atoms with Gasteiger partial charge >= 0.3 is 0 Å². The van der Waals surface area contributed by atoms with E-state index in [4.69, 9.17) is 5.73 Å². The number of rotatable bonds is 3. The van der Waals surface area contributed by atoms with Crippen LogP contribution < -0.4 is 5.73 Å². The maximum Gasteiger partial charge on any atom is 0.104 e. The first-order valence-electron chi connectivity index (χ1n) is 6.71. The van der Waals surface area contributed by atoms with Crippen molar-refractivity contribution in [1.29, 1.82) is 0 Å². The summed E-state index contributed by atoms with van der Waals surface area (Å²) in [7, 11) is 0. The predicted octanol–water partition coefficient (Wildman–Crippen LogP) is 3.49. The van der Waals surface area contributed by atoms with Crippen LogP contribution in [0.3, 0.4) is 0 Å². The zero-order valence-electron chi connectivity index (χ0n) is 11.1. The minimum Gasteiger partial charge on any atom is -0.326 e. The second-order valence-electron chi connectivity index (χ2n) is 5.06. The van der Waals surface area contributed by atoms with Gasteiger partial charge in [0.05, 0.1) is 0 Å². The standard InChI is InChI=1S/C16H18N2S/c1-11-7-12(9-17)10-18-16(11)19-15-6-5-13-3-2-4-14(13)8-15/h5-8,10H,2-4,9,17H2,1H3. The van der Waals surface area contributed by atoms with E-state index in [0.29, 0.717) is 6.54 Å². The highest BCUT2D eigenvalue weighted by Gasteiger charge is 2.12. The van der Waals surface area contributed by atoms with E-state index in [9.17, 15) is 0 Å². The molecule has 0 aliphatic heterocycles. The Hall–Kier alpha value is -1.32. The number of aryl methyl sites for hydroxylation is 3. The molecule has 0 fully saturated rings. The number of hydrogen-bond acceptors (Lipinski definition) is 3. The first kappa shape index (κ1) is 12.7. The summed E-state index contributed by atoms with van der Waals surface area (Å²) in [6, 6.07) is 8.94. The van der Waals surface area contributed by atoms with Crippen molar-refractivity contribution < 1.29 is 0 Å². The molecule has 3 rings (SSSR count). The molecule has 0 amide bonds. The van der Waals surface area contributed by atoms with E-state index in [2.05, 4.69) is 36.2 Å². The second-order valence-corrected chi connectivity index (χ2v) is 6.12. The SMILES string of the molecule is Cc1cc(CN)cnc1Sc1ccc2c(c1)CCC2. The van der Waals surface area contributed by atoms with Gasteiger partial charge in [0.25, 0.3) is 0 Å². The fourth-order valence-corrected chi connectivity index (χ4v) is 3.45. The third kappa shape index (κ3) is 2.67. The maximum absolute atomic E-state index is 5.64. The highest BCUT2D eigenvalue weighted by atomic mass is 32.2.